The van der Waals surface area contributed by atoms with Crippen molar-refractivity contribution in [1.82, 2.24) is 0 Å². The first kappa shape index (κ1) is 14.0. The van der Waals surface area contributed by atoms with E-state index in [0.717, 1.165) is 15.7 Å². The zero-order valence-corrected chi connectivity index (χ0v) is 12.0. The molecule has 0 amide bonds. The summed E-state index contributed by atoms with van der Waals surface area (Å²) in [4.78, 5) is 0. The molecule has 0 aliphatic carbocycles. The van der Waals surface area contributed by atoms with Crippen molar-refractivity contribution in [2.24, 2.45) is 0 Å². The molecule has 0 radical (unpaired) electrons. The number of benzene rings is 2. The van der Waals surface area contributed by atoms with E-state index in [9.17, 15) is 4.39 Å². The highest BCUT2D eigenvalue weighted by molar-refractivity contribution is 9.10. The molecular weight excluding hydrogens is 309 g/mol. The number of hydrogen-bond acceptors (Lipinski definition) is 2. The third-order valence-corrected chi connectivity index (χ3v) is 3.35. The van der Waals surface area contributed by atoms with Gasteiger partial charge < -0.3 is 10.4 Å². The van der Waals surface area contributed by atoms with E-state index < -0.39 is 0 Å². The zero-order chi connectivity index (χ0) is 13.7. The van der Waals surface area contributed by atoms with E-state index in [4.69, 9.17) is 5.11 Å². The molecule has 0 aliphatic heterocycles. The van der Waals surface area contributed by atoms with Crippen molar-refractivity contribution in [2.75, 3.05) is 11.9 Å². The van der Waals surface area contributed by atoms with Gasteiger partial charge in [0.2, 0.25) is 0 Å². The molecule has 0 spiro atoms. The molecule has 0 saturated heterocycles. The van der Waals surface area contributed by atoms with Crippen LogP contribution in [0.15, 0.2) is 46.9 Å². The smallest absolute Gasteiger partial charge is 0.129 e. The second kappa shape index (κ2) is 6.68. The molecule has 19 heavy (non-hydrogen) atoms. The van der Waals surface area contributed by atoms with Crippen LogP contribution >= 0.6 is 15.9 Å². The molecule has 0 unspecified atom stereocenters. The van der Waals surface area contributed by atoms with Gasteiger partial charge >= 0.3 is 0 Å². The van der Waals surface area contributed by atoms with E-state index in [1.165, 1.54) is 6.07 Å². The fourth-order valence-electron chi connectivity index (χ4n) is 1.78. The predicted octanol–water partition coefficient (Wildman–Crippen LogP) is 3.74. The quantitative estimate of drug-likeness (QED) is 0.878. The van der Waals surface area contributed by atoms with Gasteiger partial charge in [0, 0.05) is 28.9 Å². The Bertz CT molecular complexity index is 542. The molecule has 2 N–H and O–H groups in total. The van der Waals surface area contributed by atoms with Crippen LogP contribution in [0, 0.1) is 5.82 Å². The Morgan fingerprint density at radius 1 is 1.11 bits per heavy atom. The number of aliphatic hydroxyl groups is 1. The van der Waals surface area contributed by atoms with E-state index in [1.54, 1.807) is 6.07 Å². The molecule has 2 aromatic rings. The average molecular weight is 324 g/mol. The maximum Gasteiger partial charge on any atom is 0.129 e. The minimum Gasteiger partial charge on any atom is -0.396 e. The van der Waals surface area contributed by atoms with Crippen LogP contribution < -0.4 is 5.32 Å². The summed E-state index contributed by atoms with van der Waals surface area (Å²) in [5, 5.41) is 12.0. The van der Waals surface area contributed by atoms with Crippen molar-refractivity contribution in [3.63, 3.8) is 0 Å². The third-order valence-electron chi connectivity index (χ3n) is 2.85. The summed E-state index contributed by atoms with van der Waals surface area (Å²) in [7, 11) is 0. The lowest BCUT2D eigenvalue weighted by Crippen LogP contribution is -2.02. The predicted molar refractivity (Wildman–Crippen MR) is 78.7 cm³/mol. The van der Waals surface area contributed by atoms with Crippen LogP contribution in [-0.2, 0) is 13.0 Å². The summed E-state index contributed by atoms with van der Waals surface area (Å²) < 4.78 is 14.4. The summed E-state index contributed by atoms with van der Waals surface area (Å²) in [6.45, 7) is 0.593. The van der Waals surface area contributed by atoms with Crippen molar-refractivity contribution < 1.29 is 9.50 Å². The molecule has 2 nitrogen and oxygen atoms in total. The lowest BCUT2D eigenvalue weighted by Gasteiger charge is -2.08. The van der Waals surface area contributed by atoms with E-state index in [0.29, 0.717) is 18.5 Å². The highest BCUT2D eigenvalue weighted by Gasteiger charge is 2.02. The van der Waals surface area contributed by atoms with Gasteiger partial charge in [-0.05, 0) is 36.2 Å². The van der Waals surface area contributed by atoms with Gasteiger partial charge in [-0.25, -0.2) is 4.39 Å². The molecule has 0 fully saturated rings. The van der Waals surface area contributed by atoms with Crippen molar-refractivity contribution in [1.29, 1.82) is 0 Å². The van der Waals surface area contributed by atoms with Gasteiger partial charge in [0.05, 0.1) is 0 Å². The molecule has 0 bridgehead atoms. The Morgan fingerprint density at radius 3 is 2.47 bits per heavy atom. The summed E-state index contributed by atoms with van der Waals surface area (Å²) in [6, 6.07) is 12.8. The van der Waals surface area contributed by atoms with Crippen LogP contribution in [-0.4, -0.2) is 11.7 Å². The van der Waals surface area contributed by atoms with Crippen molar-refractivity contribution >= 4 is 21.6 Å². The Labute approximate surface area is 120 Å². The number of halogens is 2. The summed E-state index contributed by atoms with van der Waals surface area (Å²) in [5.41, 5.74) is 2.65. The summed E-state index contributed by atoms with van der Waals surface area (Å²) >= 11 is 3.23. The fraction of sp³-hybridized carbons (Fsp3) is 0.200. The number of nitrogens with one attached hydrogen (secondary N) is 1. The average Bonchev–Trinajstić information content (AvgIpc) is 2.40. The van der Waals surface area contributed by atoms with Gasteiger partial charge in [-0.3, -0.25) is 0 Å². The standard InChI is InChI=1S/C15H15BrFNO/c16-13-4-3-12(15(17)9-13)10-18-14-5-1-11(2-6-14)7-8-19/h1-6,9,18-19H,7-8,10H2. The van der Waals surface area contributed by atoms with E-state index in [1.807, 2.05) is 30.3 Å². The molecule has 4 heteroatoms. The number of hydrogen-bond donors (Lipinski definition) is 2. The van der Waals surface area contributed by atoms with E-state index in [-0.39, 0.29) is 12.4 Å². The molecule has 100 valence electrons. The van der Waals surface area contributed by atoms with Gasteiger partial charge in [-0.15, -0.1) is 0 Å². The molecule has 0 aromatic heterocycles. The first-order valence-electron chi connectivity index (χ1n) is 6.06. The summed E-state index contributed by atoms with van der Waals surface area (Å²) in [6.07, 6.45) is 0.654. The molecule has 0 atom stereocenters. The van der Waals surface area contributed by atoms with Crippen LogP contribution in [0.5, 0.6) is 0 Å². The Hall–Kier alpha value is -1.39. The molecule has 2 aromatic carbocycles. The van der Waals surface area contributed by atoms with Gasteiger partial charge in [-0.1, -0.05) is 34.1 Å². The van der Waals surface area contributed by atoms with Gasteiger partial charge in [-0.2, -0.15) is 0 Å². The lowest BCUT2D eigenvalue weighted by molar-refractivity contribution is 0.299. The van der Waals surface area contributed by atoms with Crippen LogP contribution in [0.3, 0.4) is 0 Å². The second-order valence-electron chi connectivity index (χ2n) is 4.26. The van der Waals surface area contributed by atoms with Gasteiger partial charge in [0.15, 0.2) is 0 Å². The molecule has 0 saturated carbocycles. The first-order valence-corrected chi connectivity index (χ1v) is 6.86. The minimum absolute atomic E-state index is 0.150. The van der Waals surface area contributed by atoms with Crippen molar-refractivity contribution in [2.45, 2.75) is 13.0 Å². The Kier molecular flexibility index (Phi) is 4.93. The maximum absolute atomic E-state index is 13.6. The SMILES string of the molecule is OCCc1ccc(NCc2ccc(Br)cc2F)cc1. The molecule has 2 rings (SSSR count). The van der Waals surface area contributed by atoms with Crippen molar-refractivity contribution in [3.8, 4) is 0 Å². The highest BCUT2D eigenvalue weighted by atomic mass is 79.9. The third kappa shape index (κ3) is 4.04. The van der Waals surface area contributed by atoms with E-state index >= 15 is 0 Å². The van der Waals surface area contributed by atoms with Crippen LogP contribution in [0.2, 0.25) is 0 Å². The highest BCUT2D eigenvalue weighted by Crippen LogP contribution is 2.17. The lowest BCUT2D eigenvalue weighted by atomic mass is 10.1. The van der Waals surface area contributed by atoms with Gasteiger partial charge in [0.1, 0.15) is 5.82 Å². The van der Waals surface area contributed by atoms with Crippen LogP contribution in [0.1, 0.15) is 11.1 Å². The Morgan fingerprint density at radius 2 is 1.84 bits per heavy atom. The molecule has 0 aliphatic rings. The number of aliphatic hydroxyl groups excluding tert-OH is 1. The first-order chi connectivity index (χ1) is 9.19. The largest absolute Gasteiger partial charge is 0.396 e. The Balaban J connectivity index is 1.98. The minimum atomic E-state index is -0.223. The normalized spacial score (nSPS) is 10.5. The van der Waals surface area contributed by atoms with Gasteiger partial charge in [0.25, 0.3) is 0 Å². The monoisotopic (exact) mass is 323 g/mol. The molecule has 0 heterocycles. The van der Waals surface area contributed by atoms with Crippen LogP contribution in [0.4, 0.5) is 10.1 Å². The topological polar surface area (TPSA) is 32.3 Å². The van der Waals surface area contributed by atoms with Crippen molar-refractivity contribution in [3.05, 3.63) is 63.9 Å². The second-order valence-corrected chi connectivity index (χ2v) is 5.18. The zero-order valence-electron chi connectivity index (χ0n) is 10.4. The fourth-order valence-corrected chi connectivity index (χ4v) is 2.11. The number of anilines is 1. The van der Waals surface area contributed by atoms with Crippen LogP contribution in [0.25, 0.3) is 0 Å². The van der Waals surface area contributed by atoms with E-state index in [2.05, 4.69) is 21.2 Å². The molecular formula is C15H15BrFNO. The maximum atomic E-state index is 13.6. The number of rotatable bonds is 5. The summed E-state index contributed by atoms with van der Waals surface area (Å²) in [5.74, 6) is -0.223.